The van der Waals surface area contributed by atoms with E-state index in [0.29, 0.717) is 0 Å². The number of hydrogen-bond donors (Lipinski definition) is 1. The highest BCUT2D eigenvalue weighted by atomic mass is 16.6. The predicted molar refractivity (Wildman–Crippen MR) is 59.4 cm³/mol. The fourth-order valence-corrected chi connectivity index (χ4v) is 0.897. The molecule has 0 saturated heterocycles. The average Bonchev–Trinajstić information content (AvgIpc) is 2.11. The molecule has 0 bridgehead atoms. The third-order valence-electron chi connectivity index (χ3n) is 2.45. The number of hydrogen-bond acceptors (Lipinski definition) is 5. The molecule has 6 nitrogen and oxygen atoms in total. The van der Waals surface area contributed by atoms with Gasteiger partial charge in [0, 0.05) is 24.2 Å². The zero-order chi connectivity index (χ0) is 13.1. The Labute approximate surface area is 94.5 Å². The van der Waals surface area contributed by atoms with E-state index >= 15 is 0 Å². The summed E-state index contributed by atoms with van der Waals surface area (Å²) in [5.41, 5.74) is -2.27. The highest BCUT2D eigenvalue weighted by molar-refractivity contribution is 6.06. The molecule has 0 unspecified atom stereocenters. The van der Waals surface area contributed by atoms with Gasteiger partial charge in [0.05, 0.1) is 6.42 Å². The molecule has 0 aliphatic rings. The lowest BCUT2D eigenvalue weighted by Crippen LogP contribution is -2.42. The summed E-state index contributed by atoms with van der Waals surface area (Å²) in [5.74, 6) is -0.199. The topological polar surface area (TPSA) is 92.8 Å². The van der Waals surface area contributed by atoms with Crippen molar-refractivity contribution in [1.82, 2.24) is 0 Å². The molecule has 92 valence electrons. The van der Waals surface area contributed by atoms with Crippen LogP contribution in [-0.2, 0) is 4.79 Å². The van der Waals surface area contributed by atoms with Crippen molar-refractivity contribution in [2.45, 2.75) is 46.6 Å². The molecule has 0 aliphatic carbocycles. The summed E-state index contributed by atoms with van der Waals surface area (Å²) in [7, 11) is 0. The lowest BCUT2D eigenvalue weighted by atomic mass is 9.84. The SMILES string of the molecule is CC(C)(C)C(=O)C/C(=N\O)C(C)(C)[N+](=O)[O-]. The average molecular weight is 230 g/mol. The van der Waals surface area contributed by atoms with Gasteiger partial charge in [0.15, 0.2) is 0 Å². The Balaban J connectivity index is 4.96. The summed E-state index contributed by atoms with van der Waals surface area (Å²) >= 11 is 0. The van der Waals surface area contributed by atoms with Crippen LogP contribution in [0.4, 0.5) is 0 Å². The first kappa shape index (κ1) is 14.5. The minimum Gasteiger partial charge on any atom is -0.411 e. The van der Waals surface area contributed by atoms with Crippen molar-refractivity contribution in [3.63, 3.8) is 0 Å². The van der Waals surface area contributed by atoms with Gasteiger partial charge in [0.2, 0.25) is 0 Å². The van der Waals surface area contributed by atoms with Crippen LogP contribution in [0.25, 0.3) is 0 Å². The van der Waals surface area contributed by atoms with E-state index in [0.717, 1.165) is 0 Å². The van der Waals surface area contributed by atoms with Crippen LogP contribution in [0.3, 0.4) is 0 Å². The maximum atomic E-state index is 11.7. The fourth-order valence-electron chi connectivity index (χ4n) is 0.897. The van der Waals surface area contributed by atoms with Gasteiger partial charge < -0.3 is 5.21 Å². The molecule has 0 aromatic rings. The minimum absolute atomic E-state index is 0.127. The monoisotopic (exact) mass is 230 g/mol. The van der Waals surface area contributed by atoms with Crippen molar-refractivity contribution in [2.75, 3.05) is 0 Å². The summed E-state index contributed by atoms with van der Waals surface area (Å²) in [6.07, 6.45) is -0.214. The van der Waals surface area contributed by atoms with Gasteiger partial charge in [-0.3, -0.25) is 14.9 Å². The molecule has 0 spiro atoms. The van der Waals surface area contributed by atoms with Crippen molar-refractivity contribution < 1.29 is 14.9 Å². The number of Topliss-reactive ketones (excluding diaryl/α,β-unsaturated/α-hetero) is 1. The van der Waals surface area contributed by atoms with Crippen LogP contribution in [0.5, 0.6) is 0 Å². The molecule has 16 heavy (non-hydrogen) atoms. The van der Waals surface area contributed by atoms with Crippen molar-refractivity contribution in [3.05, 3.63) is 10.1 Å². The summed E-state index contributed by atoms with van der Waals surface area (Å²) in [4.78, 5) is 21.9. The zero-order valence-corrected chi connectivity index (χ0v) is 10.3. The number of nitrogens with zero attached hydrogens (tertiary/aromatic N) is 2. The Bertz CT molecular complexity index is 326. The smallest absolute Gasteiger partial charge is 0.258 e. The molecule has 0 heterocycles. The molecule has 0 aliphatic heterocycles. The highest BCUT2D eigenvalue weighted by Gasteiger charge is 2.40. The van der Waals surface area contributed by atoms with Gasteiger partial charge in [-0.05, 0) is 0 Å². The highest BCUT2D eigenvalue weighted by Crippen LogP contribution is 2.21. The van der Waals surface area contributed by atoms with Crippen LogP contribution < -0.4 is 0 Å². The Morgan fingerprint density at radius 2 is 1.75 bits per heavy atom. The van der Waals surface area contributed by atoms with Crippen LogP contribution in [0.2, 0.25) is 0 Å². The van der Waals surface area contributed by atoms with Crippen molar-refractivity contribution >= 4 is 11.5 Å². The summed E-state index contributed by atoms with van der Waals surface area (Å²) in [6, 6.07) is 0. The lowest BCUT2D eigenvalue weighted by Gasteiger charge is -2.20. The van der Waals surface area contributed by atoms with E-state index in [9.17, 15) is 14.9 Å². The van der Waals surface area contributed by atoms with Gasteiger partial charge in [-0.15, -0.1) is 0 Å². The zero-order valence-electron chi connectivity index (χ0n) is 10.3. The van der Waals surface area contributed by atoms with E-state index in [-0.39, 0.29) is 17.9 Å². The third kappa shape index (κ3) is 3.29. The van der Waals surface area contributed by atoms with Gasteiger partial charge in [0.25, 0.3) is 5.54 Å². The van der Waals surface area contributed by atoms with E-state index in [1.165, 1.54) is 13.8 Å². The van der Waals surface area contributed by atoms with E-state index in [4.69, 9.17) is 5.21 Å². The van der Waals surface area contributed by atoms with Crippen LogP contribution >= 0.6 is 0 Å². The van der Waals surface area contributed by atoms with Crippen molar-refractivity contribution in [3.8, 4) is 0 Å². The maximum absolute atomic E-state index is 11.7. The molecule has 0 saturated carbocycles. The Kier molecular flexibility index (Phi) is 4.17. The second kappa shape index (κ2) is 4.59. The van der Waals surface area contributed by atoms with Crippen LogP contribution in [0, 0.1) is 15.5 Å². The number of carbonyl (C=O) groups is 1. The Morgan fingerprint density at radius 3 is 2.00 bits per heavy atom. The van der Waals surface area contributed by atoms with Crippen molar-refractivity contribution in [1.29, 1.82) is 0 Å². The van der Waals surface area contributed by atoms with E-state index in [1.807, 2.05) is 0 Å². The van der Waals surface area contributed by atoms with Crippen molar-refractivity contribution in [2.24, 2.45) is 10.6 Å². The van der Waals surface area contributed by atoms with Gasteiger partial charge in [-0.1, -0.05) is 25.9 Å². The fraction of sp³-hybridized carbons (Fsp3) is 0.800. The Hall–Kier alpha value is -1.46. The van der Waals surface area contributed by atoms with Gasteiger partial charge >= 0.3 is 0 Å². The summed E-state index contributed by atoms with van der Waals surface area (Å²) in [5, 5.41) is 22.4. The quantitative estimate of drug-likeness (QED) is 0.345. The largest absolute Gasteiger partial charge is 0.411 e. The normalized spacial score (nSPS) is 13.7. The molecule has 0 aromatic heterocycles. The van der Waals surface area contributed by atoms with Gasteiger partial charge in [-0.25, -0.2) is 0 Å². The molecule has 0 fully saturated rings. The van der Waals surface area contributed by atoms with E-state index in [1.54, 1.807) is 20.8 Å². The molecule has 6 heteroatoms. The molecule has 0 radical (unpaired) electrons. The number of rotatable bonds is 4. The maximum Gasteiger partial charge on any atom is 0.258 e. The third-order valence-corrected chi connectivity index (χ3v) is 2.45. The number of oxime groups is 1. The van der Waals surface area contributed by atoms with E-state index in [2.05, 4.69) is 5.16 Å². The summed E-state index contributed by atoms with van der Waals surface area (Å²) in [6.45, 7) is 7.74. The van der Waals surface area contributed by atoms with Gasteiger partial charge in [-0.2, -0.15) is 0 Å². The number of carbonyl (C=O) groups excluding carboxylic acids is 1. The van der Waals surface area contributed by atoms with Crippen LogP contribution in [0.1, 0.15) is 41.0 Å². The molecule has 0 amide bonds. The minimum atomic E-state index is -1.53. The second-order valence-corrected chi connectivity index (χ2v) is 5.21. The molecule has 1 N–H and O–H groups in total. The summed E-state index contributed by atoms with van der Waals surface area (Å²) < 4.78 is 0. The Morgan fingerprint density at radius 1 is 1.31 bits per heavy atom. The van der Waals surface area contributed by atoms with Crippen LogP contribution in [-0.4, -0.2) is 27.2 Å². The molecular weight excluding hydrogens is 212 g/mol. The number of nitro groups is 1. The molecule has 0 atom stereocenters. The first-order valence-electron chi connectivity index (χ1n) is 4.92. The lowest BCUT2D eigenvalue weighted by molar-refractivity contribution is -0.538. The van der Waals surface area contributed by atoms with E-state index < -0.39 is 15.9 Å². The first-order valence-corrected chi connectivity index (χ1v) is 4.92. The number of ketones is 1. The van der Waals surface area contributed by atoms with Gasteiger partial charge in [0.1, 0.15) is 11.5 Å². The first-order chi connectivity index (χ1) is 7.03. The van der Waals surface area contributed by atoms with Crippen LogP contribution in [0.15, 0.2) is 5.16 Å². The molecule has 0 aromatic carbocycles. The molecule has 0 rings (SSSR count). The second-order valence-electron chi connectivity index (χ2n) is 5.21. The molecular formula is C10H18N2O4. The predicted octanol–water partition coefficient (Wildman–Crippen LogP) is 1.88. The standard InChI is InChI=1S/C10H18N2O4/c1-9(2,3)8(13)6-7(11-14)10(4,5)12(15)16/h14H,6H2,1-5H3/b11-7+.